The van der Waals surface area contributed by atoms with Crippen LogP contribution in [0, 0.1) is 0 Å². The lowest BCUT2D eigenvalue weighted by molar-refractivity contribution is -0.0857. The molecule has 0 aliphatic carbocycles. The number of nitrogen functional groups attached to an aromatic ring is 1. The number of nitrogens with two attached hydrogens (primary N) is 1. The lowest BCUT2D eigenvalue weighted by atomic mass is 10.0. The minimum atomic E-state index is -0.400. The molecule has 2 atom stereocenters. The smallest absolute Gasteiger partial charge is 0.359 e. The van der Waals surface area contributed by atoms with Gasteiger partial charge in [0.1, 0.15) is 6.10 Å². The molecule has 1 aromatic heterocycles. The highest BCUT2D eigenvalue weighted by Crippen LogP contribution is 2.24. The molecular weight excluding hydrogens is 258 g/mol. The summed E-state index contributed by atoms with van der Waals surface area (Å²) in [6.07, 6.45) is 2.21. The summed E-state index contributed by atoms with van der Waals surface area (Å²) in [5, 5.41) is 4.24. The van der Waals surface area contributed by atoms with Crippen molar-refractivity contribution >= 4 is 11.7 Å². The van der Waals surface area contributed by atoms with Crippen molar-refractivity contribution in [2.75, 3.05) is 5.73 Å². The van der Waals surface area contributed by atoms with Gasteiger partial charge in [0.05, 0.1) is 23.6 Å². The SMILES string of the molecule is CCc1nn(C)c(C(=O)OC2CC(C)OC(C)C2)c1N. The maximum absolute atomic E-state index is 12.3. The van der Waals surface area contributed by atoms with Crippen molar-refractivity contribution in [2.24, 2.45) is 7.05 Å². The molecule has 0 saturated carbocycles. The highest BCUT2D eigenvalue weighted by atomic mass is 16.6. The van der Waals surface area contributed by atoms with Gasteiger partial charge < -0.3 is 15.2 Å². The second kappa shape index (κ2) is 5.83. The Morgan fingerprint density at radius 2 is 2.05 bits per heavy atom. The summed E-state index contributed by atoms with van der Waals surface area (Å²) < 4.78 is 12.7. The van der Waals surface area contributed by atoms with E-state index in [1.165, 1.54) is 4.68 Å². The predicted octanol–water partition coefficient (Wildman–Crippen LogP) is 1.68. The summed E-state index contributed by atoms with van der Waals surface area (Å²) in [5.41, 5.74) is 7.46. The van der Waals surface area contributed by atoms with E-state index >= 15 is 0 Å². The summed E-state index contributed by atoms with van der Waals surface area (Å²) in [6.45, 7) is 5.93. The first-order valence-electron chi connectivity index (χ1n) is 7.10. The molecule has 0 amide bonds. The molecule has 1 aliphatic rings. The number of aromatic nitrogens is 2. The van der Waals surface area contributed by atoms with Crippen molar-refractivity contribution < 1.29 is 14.3 Å². The fourth-order valence-electron chi connectivity index (χ4n) is 2.75. The minimum absolute atomic E-state index is 0.103. The molecule has 0 aromatic carbocycles. The molecule has 1 aliphatic heterocycles. The van der Waals surface area contributed by atoms with Gasteiger partial charge >= 0.3 is 5.97 Å². The summed E-state index contributed by atoms with van der Waals surface area (Å²) in [7, 11) is 1.71. The van der Waals surface area contributed by atoms with E-state index in [0.717, 1.165) is 5.69 Å². The van der Waals surface area contributed by atoms with Crippen LogP contribution in [0.5, 0.6) is 0 Å². The number of anilines is 1. The zero-order valence-electron chi connectivity index (χ0n) is 12.5. The molecule has 112 valence electrons. The molecule has 6 heteroatoms. The van der Waals surface area contributed by atoms with Crippen molar-refractivity contribution in [3.8, 4) is 0 Å². The van der Waals surface area contributed by atoms with Crippen LogP contribution in [0.4, 0.5) is 5.69 Å². The van der Waals surface area contributed by atoms with Gasteiger partial charge in [0, 0.05) is 19.9 Å². The first-order valence-corrected chi connectivity index (χ1v) is 7.10. The predicted molar refractivity (Wildman–Crippen MR) is 75.4 cm³/mol. The van der Waals surface area contributed by atoms with Gasteiger partial charge in [0.15, 0.2) is 5.69 Å². The third-order valence-electron chi connectivity index (χ3n) is 3.62. The second-order valence-corrected chi connectivity index (χ2v) is 5.44. The molecule has 6 nitrogen and oxygen atoms in total. The number of nitrogens with zero attached hydrogens (tertiary/aromatic N) is 2. The van der Waals surface area contributed by atoms with Crippen molar-refractivity contribution in [1.82, 2.24) is 9.78 Å². The van der Waals surface area contributed by atoms with Gasteiger partial charge in [-0.3, -0.25) is 4.68 Å². The molecule has 1 fully saturated rings. The van der Waals surface area contributed by atoms with Crippen LogP contribution in [-0.2, 0) is 22.9 Å². The Hall–Kier alpha value is -1.56. The quantitative estimate of drug-likeness (QED) is 0.853. The molecule has 0 bridgehead atoms. The molecule has 1 saturated heterocycles. The van der Waals surface area contributed by atoms with Crippen LogP contribution in [-0.4, -0.2) is 34.1 Å². The topological polar surface area (TPSA) is 79.4 Å². The second-order valence-electron chi connectivity index (χ2n) is 5.44. The third-order valence-corrected chi connectivity index (χ3v) is 3.62. The van der Waals surface area contributed by atoms with Gasteiger partial charge in [-0.2, -0.15) is 5.10 Å². The number of ether oxygens (including phenoxy) is 2. The van der Waals surface area contributed by atoms with E-state index in [9.17, 15) is 4.79 Å². The van der Waals surface area contributed by atoms with Gasteiger partial charge in [0.25, 0.3) is 0 Å². The minimum Gasteiger partial charge on any atom is -0.457 e. The van der Waals surface area contributed by atoms with E-state index in [0.29, 0.717) is 30.6 Å². The molecule has 0 spiro atoms. The van der Waals surface area contributed by atoms with E-state index in [4.69, 9.17) is 15.2 Å². The molecule has 0 radical (unpaired) electrons. The Bertz CT molecular complexity index is 488. The summed E-state index contributed by atoms with van der Waals surface area (Å²) in [5.74, 6) is -0.400. The van der Waals surface area contributed by atoms with E-state index < -0.39 is 5.97 Å². The normalized spacial score (nSPS) is 26.5. The largest absolute Gasteiger partial charge is 0.457 e. The van der Waals surface area contributed by atoms with Crippen molar-refractivity contribution in [3.05, 3.63) is 11.4 Å². The van der Waals surface area contributed by atoms with Crippen molar-refractivity contribution in [1.29, 1.82) is 0 Å². The van der Waals surface area contributed by atoms with Crippen LogP contribution in [0.1, 0.15) is 49.8 Å². The van der Waals surface area contributed by atoms with Gasteiger partial charge in [-0.15, -0.1) is 0 Å². The first kappa shape index (κ1) is 14.8. The lowest BCUT2D eigenvalue weighted by Gasteiger charge is -2.31. The fourth-order valence-corrected chi connectivity index (χ4v) is 2.75. The highest BCUT2D eigenvalue weighted by molar-refractivity contribution is 5.93. The van der Waals surface area contributed by atoms with Crippen molar-refractivity contribution in [2.45, 2.75) is 58.3 Å². The number of aryl methyl sites for hydroxylation is 2. The zero-order valence-corrected chi connectivity index (χ0v) is 12.5. The molecule has 2 heterocycles. The average Bonchev–Trinajstić information content (AvgIpc) is 2.62. The molecular formula is C14H23N3O3. The van der Waals surface area contributed by atoms with Gasteiger partial charge in [-0.25, -0.2) is 4.79 Å². The van der Waals surface area contributed by atoms with Crippen molar-refractivity contribution in [3.63, 3.8) is 0 Å². The standard InChI is InChI=1S/C14H23N3O3/c1-5-11-12(15)13(17(4)16-11)14(18)20-10-6-8(2)19-9(3)7-10/h8-10H,5-7,15H2,1-4H3. The molecule has 2 rings (SSSR count). The Kier molecular flexibility index (Phi) is 4.32. The Morgan fingerprint density at radius 1 is 1.45 bits per heavy atom. The van der Waals surface area contributed by atoms with Crippen LogP contribution in [0.2, 0.25) is 0 Å². The molecule has 2 unspecified atom stereocenters. The van der Waals surface area contributed by atoms with Gasteiger partial charge in [-0.05, 0) is 20.3 Å². The summed E-state index contributed by atoms with van der Waals surface area (Å²) >= 11 is 0. The van der Waals surface area contributed by atoms with Crippen LogP contribution in [0.25, 0.3) is 0 Å². The molecule has 1 aromatic rings. The maximum Gasteiger partial charge on any atom is 0.359 e. The third kappa shape index (κ3) is 2.95. The molecule has 2 N–H and O–H groups in total. The number of esters is 1. The first-order chi connectivity index (χ1) is 9.42. The Morgan fingerprint density at radius 3 is 2.55 bits per heavy atom. The monoisotopic (exact) mass is 281 g/mol. The number of hydrogen-bond donors (Lipinski definition) is 1. The van der Waals surface area contributed by atoms with E-state index in [2.05, 4.69) is 5.10 Å². The average molecular weight is 281 g/mol. The van der Waals surface area contributed by atoms with E-state index in [1.807, 2.05) is 20.8 Å². The lowest BCUT2D eigenvalue weighted by Crippen LogP contribution is -2.35. The number of hydrogen-bond acceptors (Lipinski definition) is 5. The molecule has 20 heavy (non-hydrogen) atoms. The van der Waals surface area contributed by atoms with Crippen LogP contribution < -0.4 is 5.73 Å². The number of carbonyl (C=O) groups is 1. The van der Waals surface area contributed by atoms with Crippen LogP contribution in [0.15, 0.2) is 0 Å². The Balaban J connectivity index is 2.10. The summed E-state index contributed by atoms with van der Waals surface area (Å²) in [4.78, 5) is 12.3. The zero-order chi connectivity index (χ0) is 14.9. The number of carbonyl (C=O) groups excluding carboxylic acids is 1. The van der Waals surface area contributed by atoms with E-state index in [1.54, 1.807) is 7.05 Å². The fraction of sp³-hybridized carbons (Fsp3) is 0.714. The van der Waals surface area contributed by atoms with Gasteiger partial charge in [-0.1, -0.05) is 6.92 Å². The van der Waals surface area contributed by atoms with E-state index in [-0.39, 0.29) is 18.3 Å². The van der Waals surface area contributed by atoms with Crippen LogP contribution >= 0.6 is 0 Å². The summed E-state index contributed by atoms with van der Waals surface area (Å²) in [6, 6.07) is 0. The highest BCUT2D eigenvalue weighted by Gasteiger charge is 2.29. The Labute approximate surface area is 119 Å². The van der Waals surface area contributed by atoms with Crippen LogP contribution in [0.3, 0.4) is 0 Å². The van der Waals surface area contributed by atoms with Gasteiger partial charge in [0.2, 0.25) is 0 Å². The maximum atomic E-state index is 12.3. The number of rotatable bonds is 3.